The standard InChI is InChI=1S/C13H19NO2/c1-11(14(2)3)8-9-16-13-7-5-4-6-12(13)10-15/h4-7,10-11H,8-9H2,1-3H3. The molecular weight excluding hydrogens is 202 g/mol. The molecule has 3 heteroatoms. The summed E-state index contributed by atoms with van der Waals surface area (Å²) in [5, 5.41) is 0. The van der Waals surface area contributed by atoms with Gasteiger partial charge in [0.15, 0.2) is 6.29 Å². The van der Waals surface area contributed by atoms with Crippen LogP contribution in [0.4, 0.5) is 0 Å². The summed E-state index contributed by atoms with van der Waals surface area (Å²) in [5.74, 6) is 0.670. The van der Waals surface area contributed by atoms with Crippen molar-refractivity contribution in [1.82, 2.24) is 4.90 Å². The van der Waals surface area contributed by atoms with Gasteiger partial charge in [-0.2, -0.15) is 0 Å². The van der Waals surface area contributed by atoms with Crippen LogP contribution in [0.1, 0.15) is 23.7 Å². The summed E-state index contributed by atoms with van der Waals surface area (Å²) in [6, 6.07) is 7.77. The van der Waals surface area contributed by atoms with E-state index < -0.39 is 0 Å². The molecule has 0 aliphatic rings. The number of carbonyl (C=O) groups excluding carboxylic acids is 1. The average Bonchev–Trinajstić information content (AvgIpc) is 2.29. The van der Waals surface area contributed by atoms with E-state index in [0.29, 0.717) is 24.0 Å². The zero-order valence-corrected chi connectivity index (χ0v) is 10.1. The second-order valence-electron chi connectivity index (χ2n) is 4.11. The van der Waals surface area contributed by atoms with Crippen molar-refractivity contribution in [1.29, 1.82) is 0 Å². The lowest BCUT2D eigenvalue weighted by atomic mass is 10.2. The second kappa shape index (κ2) is 6.28. The van der Waals surface area contributed by atoms with Crippen LogP contribution in [-0.4, -0.2) is 37.9 Å². The Bertz CT molecular complexity index is 336. The van der Waals surface area contributed by atoms with Crippen LogP contribution in [0.2, 0.25) is 0 Å². The van der Waals surface area contributed by atoms with E-state index in [1.807, 2.05) is 32.3 Å². The summed E-state index contributed by atoms with van der Waals surface area (Å²) >= 11 is 0. The fraction of sp³-hybridized carbons (Fsp3) is 0.462. The molecule has 1 unspecified atom stereocenters. The Morgan fingerprint density at radius 2 is 2.06 bits per heavy atom. The van der Waals surface area contributed by atoms with Gasteiger partial charge in [0.1, 0.15) is 5.75 Å². The monoisotopic (exact) mass is 221 g/mol. The van der Waals surface area contributed by atoms with Crippen molar-refractivity contribution in [2.45, 2.75) is 19.4 Å². The summed E-state index contributed by atoms with van der Waals surface area (Å²) in [6.07, 6.45) is 1.77. The van der Waals surface area contributed by atoms with Crippen molar-refractivity contribution in [2.75, 3.05) is 20.7 Å². The third-order valence-corrected chi connectivity index (χ3v) is 2.72. The van der Waals surface area contributed by atoms with Gasteiger partial charge in [0, 0.05) is 6.04 Å². The van der Waals surface area contributed by atoms with Gasteiger partial charge < -0.3 is 9.64 Å². The number of ether oxygens (including phenoxy) is 1. The molecule has 0 aliphatic heterocycles. The SMILES string of the molecule is CC(CCOc1ccccc1C=O)N(C)C. The zero-order valence-electron chi connectivity index (χ0n) is 10.1. The number of hydrogen-bond acceptors (Lipinski definition) is 3. The molecule has 0 heterocycles. The lowest BCUT2D eigenvalue weighted by molar-refractivity contribution is 0.111. The van der Waals surface area contributed by atoms with Crippen molar-refractivity contribution in [3.8, 4) is 5.75 Å². The average molecular weight is 221 g/mol. The van der Waals surface area contributed by atoms with E-state index in [1.165, 1.54) is 0 Å². The van der Waals surface area contributed by atoms with Crippen LogP contribution in [0.3, 0.4) is 0 Å². The number of para-hydroxylation sites is 1. The van der Waals surface area contributed by atoms with Crippen LogP contribution in [0.5, 0.6) is 5.75 Å². The molecular formula is C13H19NO2. The van der Waals surface area contributed by atoms with Crippen LogP contribution in [0.15, 0.2) is 24.3 Å². The first-order valence-corrected chi connectivity index (χ1v) is 5.48. The second-order valence-corrected chi connectivity index (χ2v) is 4.11. The van der Waals surface area contributed by atoms with E-state index in [0.717, 1.165) is 12.7 Å². The molecule has 3 nitrogen and oxygen atoms in total. The minimum absolute atomic E-state index is 0.475. The maximum Gasteiger partial charge on any atom is 0.153 e. The van der Waals surface area contributed by atoms with E-state index in [9.17, 15) is 4.79 Å². The number of benzene rings is 1. The van der Waals surface area contributed by atoms with Gasteiger partial charge in [-0.3, -0.25) is 4.79 Å². The fourth-order valence-corrected chi connectivity index (χ4v) is 1.31. The molecule has 88 valence electrons. The first kappa shape index (κ1) is 12.7. The van der Waals surface area contributed by atoms with Crippen LogP contribution in [0.25, 0.3) is 0 Å². The third kappa shape index (κ3) is 3.66. The molecule has 0 spiro atoms. The minimum Gasteiger partial charge on any atom is -0.493 e. The summed E-state index contributed by atoms with van der Waals surface area (Å²) in [5.41, 5.74) is 0.611. The largest absolute Gasteiger partial charge is 0.493 e. The van der Waals surface area contributed by atoms with Gasteiger partial charge >= 0.3 is 0 Å². The van der Waals surface area contributed by atoms with Gasteiger partial charge in [-0.05, 0) is 39.6 Å². The predicted molar refractivity (Wildman–Crippen MR) is 65.1 cm³/mol. The van der Waals surface area contributed by atoms with E-state index in [-0.39, 0.29) is 0 Å². The molecule has 1 aromatic rings. The summed E-state index contributed by atoms with van der Waals surface area (Å²) in [4.78, 5) is 12.9. The van der Waals surface area contributed by atoms with Gasteiger partial charge in [0.05, 0.1) is 12.2 Å². The minimum atomic E-state index is 0.475. The smallest absolute Gasteiger partial charge is 0.153 e. The normalized spacial score (nSPS) is 12.5. The van der Waals surface area contributed by atoms with Crippen LogP contribution >= 0.6 is 0 Å². The Morgan fingerprint density at radius 1 is 1.38 bits per heavy atom. The molecule has 1 atom stereocenters. The van der Waals surface area contributed by atoms with Crippen LogP contribution < -0.4 is 4.74 Å². The number of aldehydes is 1. The summed E-state index contributed by atoms with van der Waals surface area (Å²) in [7, 11) is 4.09. The molecule has 0 aliphatic carbocycles. The molecule has 1 rings (SSSR count). The van der Waals surface area contributed by atoms with Gasteiger partial charge in [-0.15, -0.1) is 0 Å². The maximum atomic E-state index is 10.7. The molecule has 0 saturated carbocycles. The number of carbonyl (C=O) groups is 1. The fourth-order valence-electron chi connectivity index (χ4n) is 1.31. The van der Waals surface area contributed by atoms with Crippen molar-refractivity contribution < 1.29 is 9.53 Å². The number of rotatable bonds is 6. The van der Waals surface area contributed by atoms with Gasteiger partial charge in [-0.1, -0.05) is 12.1 Å². The molecule has 0 bridgehead atoms. The molecule has 0 N–H and O–H groups in total. The number of hydrogen-bond donors (Lipinski definition) is 0. The van der Waals surface area contributed by atoms with Crippen molar-refractivity contribution in [3.63, 3.8) is 0 Å². The lowest BCUT2D eigenvalue weighted by Crippen LogP contribution is -2.26. The predicted octanol–water partition coefficient (Wildman–Crippen LogP) is 2.22. The number of nitrogens with zero attached hydrogens (tertiary/aromatic N) is 1. The topological polar surface area (TPSA) is 29.5 Å². The maximum absolute atomic E-state index is 10.7. The van der Waals surface area contributed by atoms with E-state index in [4.69, 9.17) is 4.74 Å². The highest BCUT2D eigenvalue weighted by Crippen LogP contribution is 2.16. The Morgan fingerprint density at radius 3 is 2.69 bits per heavy atom. The molecule has 0 fully saturated rings. The Balaban J connectivity index is 2.45. The lowest BCUT2D eigenvalue weighted by Gasteiger charge is -2.19. The summed E-state index contributed by atoms with van der Waals surface area (Å²) < 4.78 is 5.59. The molecule has 1 aromatic carbocycles. The molecule has 0 amide bonds. The highest BCUT2D eigenvalue weighted by Gasteiger charge is 2.05. The van der Waals surface area contributed by atoms with E-state index in [2.05, 4.69) is 11.8 Å². The van der Waals surface area contributed by atoms with E-state index >= 15 is 0 Å². The quantitative estimate of drug-likeness (QED) is 0.690. The van der Waals surface area contributed by atoms with Crippen molar-refractivity contribution in [2.24, 2.45) is 0 Å². The molecule has 16 heavy (non-hydrogen) atoms. The highest BCUT2D eigenvalue weighted by molar-refractivity contribution is 5.79. The Kier molecular flexibility index (Phi) is 4.99. The van der Waals surface area contributed by atoms with Gasteiger partial charge in [0.2, 0.25) is 0 Å². The molecule has 0 radical (unpaired) electrons. The summed E-state index contributed by atoms with van der Waals surface area (Å²) in [6.45, 7) is 2.78. The Hall–Kier alpha value is -1.35. The van der Waals surface area contributed by atoms with Crippen LogP contribution in [-0.2, 0) is 0 Å². The molecule has 0 aromatic heterocycles. The van der Waals surface area contributed by atoms with Crippen LogP contribution in [0, 0.1) is 0 Å². The van der Waals surface area contributed by atoms with Gasteiger partial charge in [-0.25, -0.2) is 0 Å². The molecule has 0 saturated heterocycles. The third-order valence-electron chi connectivity index (χ3n) is 2.72. The Labute approximate surface area is 97.0 Å². The van der Waals surface area contributed by atoms with Crippen molar-refractivity contribution >= 4 is 6.29 Å². The van der Waals surface area contributed by atoms with Crippen molar-refractivity contribution in [3.05, 3.63) is 29.8 Å². The first-order chi connectivity index (χ1) is 7.65. The zero-order chi connectivity index (χ0) is 12.0. The van der Waals surface area contributed by atoms with Gasteiger partial charge in [0.25, 0.3) is 0 Å². The first-order valence-electron chi connectivity index (χ1n) is 5.48. The van der Waals surface area contributed by atoms with E-state index in [1.54, 1.807) is 6.07 Å². The highest BCUT2D eigenvalue weighted by atomic mass is 16.5.